The molecule has 0 saturated carbocycles. The molecule has 0 aliphatic rings. The molecule has 0 radical (unpaired) electrons. The fraction of sp³-hybridized carbons (Fsp3) is 0.824. The molecule has 0 aromatic rings. The molecule has 9 heteroatoms. The van der Waals surface area contributed by atoms with E-state index in [1.807, 2.05) is 0 Å². The van der Waals surface area contributed by atoms with Crippen LogP contribution in [-0.4, -0.2) is 23.9 Å². The molecule has 0 spiro atoms. The Balaban J connectivity index is -0.00000264. The monoisotopic (exact) mass is 388 g/mol. The van der Waals surface area contributed by atoms with Crippen molar-refractivity contribution in [2.45, 2.75) is 90.0 Å². The molecule has 0 aliphatic carbocycles. The fourth-order valence-corrected chi connectivity index (χ4v) is 2.34. The van der Waals surface area contributed by atoms with Gasteiger partial charge < -0.3 is 19.8 Å². The van der Waals surface area contributed by atoms with Gasteiger partial charge in [-0.05, 0) is 19.3 Å². The number of nitrogens with one attached hydrogen (secondary N) is 2. The number of unbranched alkanes of at least 4 members (excludes halogenated alkanes) is 8. The SMILES string of the molecule is CCCCCCCCCCCC(=O)NN[C@@H](CCC(=O)[O-])C(=O)[O-].[Na+].[Na+]. The number of hydrogen-bond acceptors (Lipinski definition) is 6. The van der Waals surface area contributed by atoms with E-state index in [0.29, 0.717) is 6.42 Å². The molecule has 0 aliphatic heterocycles. The van der Waals surface area contributed by atoms with Gasteiger partial charge in [-0.25, -0.2) is 5.43 Å². The zero-order valence-electron chi connectivity index (χ0n) is 16.6. The van der Waals surface area contributed by atoms with Crippen molar-refractivity contribution in [2.75, 3.05) is 0 Å². The zero-order chi connectivity index (χ0) is 18.2. The van der Waals surface area contributed by atoms with Crippen molar-refractivity contribution in [1.82, 2.24) is 10.9 Å². The first-order valence-electron chi connectivity index (χ1n) is 8.92. The van der Waals surface area contributed by atoms with E-state index < -0.39 is 24.4 Å². The van der Waals surface area contributed by atoms with Crippen molar-refractivity contribution in [1.29, 1.82) is 0 Å². The van der Waals surface area contributed by atoms with E-state index in [1.54, 1.807) is 0 Å². The Labute approximate surface area is 201 Å². The normalized spacial score (nSPS) is 11.0. The van der Waals surface area contributed by atoms with E-state index in [0.717, 1.165) is 19.3 Å². The minimum Gasteiger partial charge on any atom is -0.550 e. The maximum absolute atomic E-state index is 11.6. The van der Waals surface area contributed by atoms with Gasteiger partial charge in [0.1, 0.15) is 0 Å². The first-order chi connectivity index (χ1) is 11.5. The summed E-state index contributed by atoms with van der Waals surface area (Å²) in [5.41, 5.74) is 4.59. The summed E-state index contributed by atoms with van der Waals surface area (Å²) in [6.07, 6.45) is 10.0. The largest absolute Gasteiger partial charge is 1.00 e. The second-order valence-electron chi connectivity index (χ2n) is 6.05. The van der Waals surface area contributed by atoms with Crippen LogP contribution in [0.2, 0.25) is 0 Å². The predicted molar refractivity (Wildman–Crippen MR) is 86.2 cm³/mol. The number of carboxylic acids is 2. The van der Waals surface area contributed by atoms with Crippen LogP contribution in [0.15, 0.2) is 0 Å². The van der Waals surface area contributed by atoms with Crippen LogP contribution < -0.4 is 80.2 Å². The van der Waals surface area contributed by atoms with Gasteiger partial charge in [-0.15, -0.1) is 0 Å². The second-order valence-corrected chi connectivity index (χ2v) is 6.05. The Bertz CT molecular complexity index is 384. The van der Waals surface area contributed by atoms with Gasteiger partial charge in [0, 0.05) is 12.4 Å². The predicted octanol–water partition coefficient (Wildman–Crippen LogP) is -5.82. The minimum absolute atomic E-state index is 0. The second kappa shape index (κ2) is 21.7. The average Bonchev–Trinajstić information content (AvgIpc) is 2.52. The standard InChI is InChI=1S/C17H32N2O5.2Na/c1-2-3-4-5-6-7-8-9-10-11-15(20)19-18-14(17(23)24)12-13-16(21)22;;/h14,18H,2-13H2,1H3,(H,19,20)(H,21,22)(H,23,24);;/q;2*+1/p-2/t14-;;/m0../s1. The number of hydrogen-bond donors (Lipinski definition) is 2. The number of aliphatic carboxylic acids is 2. The molecule has 0 fully saturated rings. The third-order valence-electron chi connectivity index (χ3n) is 3.81. The van der Waals surface area contributed by atoms with Crippen molar-refractivity contribution >= 4 is 17.8 Å². The van der Waals surface area contributed by atoms with Crippen molar-refractivity contribution in [3.63, 3.8) is 0 Å². The molecule has 0 aromatic heterocycles. The van der Waals surface area contributed by atoms with Crippen molar-refractivity contribution in [3.8, 4) is 0 Å². The summed E-state index contributed by atoms with van der Waals surface area (Å²) in [5.74, 6) is -3.11. The van der Waals surface area contributed by atoms with Crippen LogP contribution in [0.25, 0.3) is 0 Å². The molecule has 0 rings (SSSR count). The number of carbonyl (C=O) groups excluding carboxylic acids is 3. The van der Waals surface area contributed by atoms with E-state index in [1.165, 1.54) is 38.5 Å². The molecule has 0 aromatic carbocycles. The van der Waals surface area contributed by atoms with Crippen LogP contribution >= 0.6 is 0 Å². The third kappa shape index (κ3) is 20.7. The summed E-state index contributed by atoms with van der Waals surface area (Å²) in [7, 11) is 0. The molecular weight excluding hydrogens is 358 g/mol. The van der Waals surface area contributed by atoms with Gasteiger partial charge in [0.15, 0.2) is 0 Å². The maximum atomic E-state index is 11.6. The van der Waals surface area contributed by atoms with E-state index in [2.05, 4.69) is 17.8 Å². The molecule has 1 amide bonds. The Hall–Kier alpha value is 0.370. The van der Waals surface area contributed by atoms with E-state index in [-0.39, 0.29) is 71.4 Å². The Morgan fingerprint density at radius 2 is 1.31 bits per heavy atom. The van der Waals surface area contributed by atoms with Crippen molar-refractivity contribution < 1.29 is 83.7 Å². The summed E-state index contributed by atoms with van der Waals surface area (Å²) < 4.78 is 0. The molecule has 140 valence electrons. The number of carboxylic acid groups (broad SMARTS) is 2. The van der Waals surface area contributed by atoms with Crippen molar-refractivity contribution in [2.24, 2.45) is 0 Å². The van der Waals surface area contributed by atoms with E-state index >= 15 is 0 Å². The summed E-state index contributed by atoms with van der Waals surface area (Å²) in [6.45, 7) is 2.19. The minimum atomic E-state index is -1.46. The van der Waals surface area contributed by atoms with Crippen LogP contribution in [0.1, 0.15) is 84.0 Å². The first-order valence-corrected chi connectivity index (χ1v) is 8.92. The van der Waals surface area contributed by atoms with Gasteiger partial charge in [-0.2, -0.15) is 0 Å². The number of amides is 1. The number of rotatable bonds is 16. The molecule has 0 unspecified atom stereocenters. The first kappa shape index (κ1) is 31.1. The molecule has 26 heavy (non-hydrogen) atoms. The Kier molecular flexibility index (Phi) is 25.9. The van der Waals surface area contributed by atoms with Crippen LogP contribution in [0, 0.1) is 0 Å². The van der Waals surface area contributed by atoms with Crippen molar-refractivity contribution in [3.05, 3.63) is 0 Å². The van der Waals surface area contributed by atoms with Gasteiger partial charge in [0.25, 0.3) is 0 Å². The molecule has 7 nitrogen and oxygen atoms in total. The summed E-state index contributed by atoms with van der Waals surface area (Å²) in [4.78, 5) is 32.7. The van der Waals surface area contributed by atoms with Gasteiger partial charge in [-0.3, -0.25) is 10.2 Å². The smallest absolute Gasteiger partial charge is 0.550 e. The molecule has 2 N–H and O–H groups in total. The molecule has 1 atom stereocenters. The van der Waals surface area contributed by atoms with Gasteiger partial charge in [-0.1, -0.05) is 58.3 Å². The van der Waals surface area contributed by atoms with Crippen LogP contribution in [0.3, 0.4) is 0 Å². The van der Waals surface area contributed by atoms with Gasteiger partial charge >= 0.3 is 59.1 Å². The fourth-order valence-electron chi connectivity index (χ4n) is 2.34. The quantitative estimate of drug-likeness (QED) is 0.154. The average molecular weight is 388 g/mol. The molecule has 0 heterocycles. The van der Waals surface area contributed by atoms with Gasteiger partial charge in [0.05, 0.1) is 12.0 Å². The maximum Gasteiger partial charge on any atom is 1.00 e. The topological polar surface area (TPSA) is 121 Å². The van der Waals surface area contributed by atoms with E-state index in [9.17, 15) is 24.6 Å². The van der Waals surface area contributed by atoms with Crippen LogP contribution in [0.5, 0.6) is 0 Å². The Morgan fingerprint density at radius 3 is 1.77 bits per heavy atom. The summed E-state index contributed by atoms with van der Waals surface area (Å²) in [6, 6.07) is -1.24. The van der Waals surface area contributed by atoms with E-state index in [4.69, 9.17) is 0 Å². The molecular formula is C17H30N2Na2O5. The van der Waals surface area contributed by atoms with Gasteiger partial charge in [0.2, 0.25) is 5.91 Å². The van der Waals surface area contributed by atoms with Crippen LogP contribution in [-0.2, 0) is 14.4 Å². The Morgan fingerprint density at radius 1 is 0.808 bits per heavy atom. The summed E-state index contributed by atoms with van der Waals surface area (Å²) >= 11 is 0. The molecule has 0 bridgehead atoms. The zero-order valence-corrected chi connectivity index (χ0v) is 20.6. The third-order valence-corrected chi connectivity index (χ3v) is 3.81. The number of carbonyl (C=O) groups is 3. The van der Waals surface area contributed by atoms with Crippen LogP contribution in [0.4, 0.5) is 0 Å². The summed E-state index contributed by atoms with van der Waals surface area (Å²) in [5, 5.41) is 21.1. The molecule has 0 saturated heterocycles. The number of hydrazine groups is 1.